The van der Waals surface area contributed by atoms with Crippen molar-refractivity contribution in [2.45, 2.75) is 65.8 Å². The highest BCUT2D eigenvalue weighted by Gasteiger charge is 2.37. The van der Waals surface area contributed by atoms with Crippen molar-refractivity contribution in [3.63, 3.8) is 0 Å². The van der Waals surface area contributed by atoms with E-state index in [4.69, 9.17) is 0 Å². The van der Waals surface area contributed by atoms with Gasteiger partial charge in [-0.25, -0.2) is 0 Å². The first-order chi connectivity index (χ1) is 12.2. The van der Waals surface area contributed by atoms with Crippen LogP contribution in [-0.4, -0.2) is 24.4 Å². The molecule has 4 heteroatoms. The van der Waals surface area contributed by atoms with Gasteiger partial charge in [0.2, 0.25) is 11.8 Å². The molecule has 1 aliphatic carbocycles. The number of aryl methyl sites for hydroxylation is 1. The molecule has 1 atom stereocenters. The van der Waals surface area contributed by atoms with Gasteiger partial charge >= 0.3 is 0 Å². The highest BCUT2D eigenvalue weighted by atomic mass is 16.2. The predicted molar refractivity (Wildman–Crippen MR) is 105 cm³/mol. The lowest BCUT2D eigenvalue weighted by Crippen LogP contribution is -2.42. The number of benzene rings is 1. The molecule has 1 N–H and O–H groups in total. The number of rotatable bonds is 3. The van der Waals surface area contributed by atoms with Crippen LogP contribution in [0.3, 0.4) is 0 Å². The van der Waals surface area contributed by atoms with Gasteiger partial charge in [0.15, 0.2) is 0 Å². The minimum atomic E-state index is -0.233. The zero-order valence-electron chi connectivity index (χ0n) is 16.5. The third kappa shape index (κ3) is 4.28. The van der Waals surface area contributed by atoms with Crippen molar-refractivity contribution in [3.8, 4) is 0 Å². The molecule has 0 radical (unpaired) electrons. The summed E-state index contributed by atoms with van der Waals surface area (Å²) < 4.78 is 0. The van der Waals surface area contributed by atoms with E-state index in [0.717, 1.165) is 30.0 Å². The van der Waals surface area contributed by atoms with Crippen LogP contribution >= 0.6 is 0 Å². The van der Waals surface area contributed by atoms with Crippen LogP contribution in [0.2, 0.25) is 0 Å². The fraction of sp³-hybridized carbons (Fsp3) is 0.636. The Morgan fingerprint density at radius 3 is 2.46 bits per heavy atom. The average Bonchev–Trinajstić information content (AvgIpc) is 2.96. The van der Waals surface area contributed by atoms with Crippen molar-refractivity contribution in [3.05, 3.63) is 29.8 Å². The molecule has 2 fully saturated rings. The summed E-state index contributed by atoms with van der Waals surface area (Å²) in [5.41, 5.74) is 2.37. The standard InChI is InChI=1S/C22H32N2O2/c1-15-6-5-7-19(12-15)24-14-16(13-20(24)25)21(26)23-18-10-8-17(9-11-18)22(2,3)4/h5-7,12,16-18H,8-11,13-14H2,1-4H3,(H,23,26)/t16-,17?,18?/m0/s1. The normalized spacial score (nSPS) is 26.8. The molecule has 0 spiro atoms. The second-order valence-electron chi connectivity index (χ2n) is 9.17. The van der Waals surface area contributed by atoms with Crippen LogP contribution in [0, 0.1) is 24.2 Å². The van der Waals surface area contributed by atoms with Gasteiger partial charge in [-0.15, -0.1) is 0 Å². The lowest BCUT2D eigenvalue weighted by Gasteiger charge is -2.37. The fourth-order valence-corrected chi connectivity index (χ4v) is 4.35. The molecule has 2 amide bonds. The average molecular weight is 357 g/mol. The van der Waals surface area contributed by atoms with E-state index in [1.807, 2.05) is 31.2 Å². The van der Waals surface area contributed by atoms with Gasteiger partial charge in [0.1, 0.15) is 0 Å². The summed E-state index contributed by atoms with van der Waals surface area (Å²) in [5.74, 6) is 0.601. The van der Waals surface area contributed by atoms with E-state index in [-0.39, 0.29) is 23.8 Å². The molecule has 0 bridgehead atoms. The molecule has 1 saturated heterocycles. The number of hydrogen-bond acceptors (Lipinski definition) is 2. The van der Waals surface area contributed by atoms with Crippen molar-refractivity contribution < 1.29 is 9.59 Å². The Balaban J connectivity index is 1.54. The monoisotopic (exact) mass is 356 g/mol. The lowest BCUT2D eigenvalue weighted by molar-refractivity contribution is -0.127. The first-order valence-corrected chi connectivity index (χ1v) is 9.91. The topological polar surface area (TPSA) is 49.4 Å². The van der Waals surface area contributed by atoms with Crippen molar-refractivity contribution in [2.24, 2.45) is 17.3 Å². The second kappa shape index (κ2) is 7.42. The quantitative estimate of drug-likeness (QED) is 0.887. The largest absolute Gasteiger partial charge is 0.353 e. The number of hydrogen-bond donors (Lipinski definition) is 1. The maximum absolute atomic E-state index is 12.7. The van der Waals surface area contributed by atoms with Crippen molar-refractivity contribution >= 4 is 17.5 Å². The molecule has 0 aromatic heterocycles. The molecule has 3 rings (SSSR count). The Morgan fingerprint density at radius 2 is 1.85 bits per heavy atom. The number of carbonyl (C=O) groups is 2. The maximum Gasteiger partial charge on any atom is 0.227 e. The molecule has 1 aliphatic heterocycles. The van der Waals surface area contributed by atoms with E-state index in [1.165, 1.54) is 12.8 Å². The molecule has 4 nitrogen and oxygen atoms in total. The molecule has 1 aromatic carbocycles. The molecule has 142 valence electrons. The summed E-state index contributed by atoms with van der Waals surface area (Å²) in [6.07, 6.45) is 4.77. The van der Waals surface area contributed by atoms with E-state index in [2.05, 4.69) is 26.1 Å². The second-order valence-corrected chi connectivity index (χ2v) is 9.17. The van der Waals surface area contributed by atoms with Crippen molar-refractivity contribution in [1.29, 1.82) is 0 Å². The summed E-state index contributed by atoms with van der Waals surface area (Å²) in [4.78, 5) is 26.8. The Kier molecular flexibility index (Phi) is 5.40. The fourth-order valence-electron chi connectivity index (χ4n) is 4.35. The van der Waals surface area contributed by atoms with Crippen LogP contribution < -0.4 is 10.2 Å². The minimum absolute atomic E-state index is 0.0483. The number of nitrogens with one attached hydrogen (secondary N) is 1. The van der Waals surface area contributed by atoms with Gasteiger partial charge < -0.3 is 10.2 Å². The Morgan fingerprint density at radius 1 is 1.15 bits per heavy atom. The van der Waals surface area contributed by atoms with Gasteiger partial charge in [0.25, 0.3) is 0 Å². The molecule has 2 aliphatic rings. The zero-order chi connectivity index (χ0) is 18.9. The minimum Gasteiger partial charge on any atom is -0.353 e. The van der Waals surface area contributed by atoms with E-state index in [0.29, 0.717) is 18.4 Å². The zero-order valence-corrected chi connectivity index (χ0v) is 16.5. The highest BCUT2D eigenvalue weighted by molar-refractivity contribution is 6.00. The maximum atomic E-state index is 12.7. The van der Waals surface area contributed by atoms with E-state index in [9.17, 15) is 9.59 Å². The number of carbonyl (C=O) groups excluding carboxylic acids is 2. The van der Waals surface area contributed by atoms with Crippen LogP contribution in [-0.2, 0) is 9.59 Å². The Hall–Kier alpha value is -1.84. The smallest absolute Gasteiger partial charge is 0.227 e. The third-order valence-electron chi connectivity index (χ3n) is 6.11. The number of nitrogens with zero attached hydrogens (tertiary/aromatic N) is 1. The van der Waals surface area contributed by atoms with Gasteiger partial charge in [-0.1, -0.05) is 32.9 Å². The molecular weight excluding hydrogens is 324 g/mol. The van der Waals surface area contributed by atoms with Gasteiger partial charge in [-0.3, -0.25) is 9.59 Å². The first kappa shape index (κ1) is 18.9. The summed E-state index contributed by atoms with van der Waals surface area (Å²) in [6, 6.07) is 8.19. The lowest BCUT2D eigenvalue weighted by atomic mass is 9.71. The van der Waals surface area contributed by atoms with Crippen molar-refractivity contribution in [1.82, 2.24) is 5.32 Å². The Bertz CT molecular complexity index is 669. The van der Waals surface area contributed by atoms with Crippen LogP contribution in [0.1, 0.15) is 58.4 Å². The molecule has 0 unspecified atom stereocenters. The summed E-state index contributed by atoms with van der Waals surface area (Å²) in [5, 5.41) is 3.22. The summed E-state index contributed by atoms with van der Waals surface area (Å²) in [6.45, 7) is 9.43. The third-order valence-corrected chi connectivity index (χ3v) is 6.11. The van der Waals surface area contributed by atoms with Gasteiger partial charge in [0.05, 0.1) is 5.92 Å². The van der Waals surface area contributed by atoms with Crippen LogP contribution in [0.5, 0.6) is 0 Å². The number of amides is 2. The molecule has 1 saturated carbocycles. The van der Waals surface area contributed by atoms with E-state index in [1.54, 1.807) is 4.90 Å². The SMILES string of the molecule is Cc1cccc(N2C[C@@H](C(=O)NC3CCC(C(C)(C)C)CC3)CC2=O)c1. The van der Waals surface area contributed by atoms with Gasteiger partial charge in [0, 0.05) is 24.7 Å². The highest BCUT2D eigenvalue weighted by Crippen LogP contribution is 2.38. The molecular formula is C22H32N2O2. The summed E-state index contributed by atoms with van der Waals surface area (Å²) in [7, 11) is 0. The molecule has 1 aromatic rings. The van der Waals surface area contributed by atoms with E-state index < -0.39 is 0 Å². The van der Waals surface area contributed by atoms with Gasteiger partial charge in [-0.05, 0) is 61.6 Å². The molecule has 1 heterocycles. The molecule has 26 heavy (non-hydrogen) atoms. The van der Waals surface area contributed by atoms with Crippen LogP contribution in [0.25, 0.3) is 0 Å². The van der Waals surface area contributed by atoms with Crippen molar-refractivity contribution in [2.75, 3.05) is 11.4 Å². The predicted octanol–water partition coefficient (Wildman–Crippen LogP) is 4.07. The Labute approximate surface area is 157 Å². The van der Waals surface area contributed by atoms with Crippen LogP contribution in [0.4, 0.5) is 5.69 Å². The van der Waals surface area contributed by atoms with E-state index >= 15 is 0 Å². The summed E-state index contributed by atoms with van der Waals surface area (Å²) >= 11 is 0. The number of anilines is 1. The first-order valence-electron chi connectivity index (χ1n) is 9.91. The van der Waals surface area contributed by atoms with Gasteiger partial charge in [-0.2, -0.15) is 0 Å². The van der Waals surface area contributed by atoms with Crippen LogP contribution in [0.15, 0.2) is 24.3 Å².